The highest BCUT2D eigenvalue weighted by molar-refractivity contribution is 14.0. The predicted molar refractivity (Wildman–Crippen MR) is 107 cm³/mol. The third-order valence-electron chi connectivity index (χ3n) is 4.16. The van der Waals surface area contributed by atoms with Crippen LogP contribution < -0.4 is 10.6 Å². The van der Waals surface area contributed by atoms with Gasteiger partial charge in [0.05, 0.1) is 0 Å². The summed E-state index contributed by atoms with van der Waals surface area (Å²) in [6.45, 7) is 1.95. The Hall–Kier alpha value is 0.310. The van der Waals surface area contributed by atoms with E-state index in [9.17, 15) is 0 Å². The molecule has 1 aliphatic rings. The first kappa shape index (κ1) is 21.3. The van der Waals surface area contributed by atoms with Crippen LogP contribution in [0.4, 0.5) is 0 Å². The third kappa shape index (κ3) is 8.50. The lowest BCUT2D eigenvalue weighted by Gasteiger charge is -2.35. The van der Waals surface area contributed by atoms with Gasteiger partial charge in [0, 0.05) is 31.9 Å². The zero-order chi connectivity index (χ0) is 14.8. The first-order valence-corrected chi connectivity index (χ1v) is 9.18. The van der Waals surface area contributed by atoms with E-state index < -0.39 is 0 Å². The molecule has 0 amide bonds. The molecule has 0 spiro atoms. The van der Waals surface area contributed by atoms with Crippen LogP contribution in [0.5, 0.6) is 0 Å². The largest absolute Gasteiger partial charge is 0.356 e. The molecule has 1 atom stereocenters. The lowest BCUT2D eigenvalue weighted by Crippen LogP contribution is -2.48. The van der Waals surface area contributed by atoms with Crippen molar-refractivity contribution in [2.45, 2.75) is 38.1 Å². The van der Waals surface area contributed by atoms with Crippen molar-refractivity contribution in [3.63, 3.8) is 0 Å². The molecule has 6 heteroatoms. The quantitative estimate of drug-likeness (QED) is 0.283. The summed E-state index contributed by atoms with van der Waals surface area (Å²) in [6, 6.07) is 0.606. The molecule has 0 saturated heterocycles. The van der Waals surface area contributed by atoms with Gasteiger partial charge in [0.15, 0.2) is 5.96 Å². The Kier molecular flexibility index (Phi) is 13.0. The topological polar surface area (TPSA) is 39.7 Å². The van der Waals surface area contributed by atoms with Gasteiger partial charge in [-0.05, 0) is 39.1 Å². The number of aliphatic imine (C=N–C) groups is 1. The molecule has 0 radical (unpaired) electrons. The second-order valence-electron chi connectivity index (χ2n) is 5.80. The highest BCUT2D eigenvalue weighted by Crippen LogP contribution is 2.27. The van der Waals surface area contributed by atoms with Crippen LogP contribution in [0.1, 0.15) is 32.1 Å². The van der Waals surface area contributed by atoms with Crippen LogP contribution in [0.2, 0.25) is 0 Å². The number of hydrogen-bond donors (Lipinski definition) is 2. The van der Waals surface area contributed by atoms with Crippen LogP contribution in [-0.4, -0.2) is 63.1 Å². The average molecular weight is 428 g/mol. The number of halogens is 1. The van der Waals surface area contributed by atoms with Crippen molar-refractivity contribution in [3.05, 3.63) is 0 Å². The van der Waals surface area contributed by atoms with Crippen LogP contribution >= 0.6 is 35.7 Å². The molecular weight excluding hydrogens is 395 g/mol. The van der Waals surface area contributed by atoms with Crippen LogP contribution in [-0.2, 0) is 0 Å². The molecule has 1 fully saturated rings. The van der Waals surface area contributed by atoms with Gasteiger partial charge < -0.3 is 15.5 Å². The lowest BCUT2D eigenvalue weighted by molar-refractivity contribution is 0.171. The van der Waals surface area contributed by atoms with Gasteiger partial charge in [-0.1, -0.05) is 19.3 Å². The van der Waals surface area contributed by atoms with Crippen LogP contribution in [0, 0.1) is 5.92 Å². The Labute approximate surface area is 152 Å². The third-order valence-corrected chi connectivity index (χ3v) is 4.77. The molecule has 21 heavy (non-hydrogen) atoms. The summed E-state index contributed by atoms with van der Waals surface area (Å²) < 4.78 is 0. The van der Waals surface area contributed by atoms with Crippen LogP contribution in [0.3, 0.4) is 0 Å². The number of thioether (sulfide) groups is 1. The monoisotopic (exact) mass is 428 g/mol. The summed E-state index contributed by atoms with van der Waals surface area (Å²) in [4.78, 5) is 6.68. The highest BCUT2D eigenvalue weighted by Gasteiger charge is 2.25. The zero-order valence-corrected chi connectivity index (χ0v) is 17.2. The van der Waals surface area contributed by atoms with Gasteiger partial charge in [-0.25, -0.2) is 0 Å². The number of guanidine groups is 1. The first-order chi connectivity index (χ1) is 9.69. The maximum atomic E-state index is 4.30. The average Bonchev–Trinajstić information content (AvgIpc) is 2.46. The Morgan fingerprint density at radius 2 is 1.90 bits per heavy atom. The molecule has 1 rings (SSSR count). The van der Waals surface area contributed by atoms with Gasteiger partial charge in [0.1, 0.15) is 0 Å². The smallest absolute Gasteiger partial charge is 0.191 e. The molecule has 126 valence electrons. The normalized spacial score (nSPS) is 18.2. The lowest BCUT2D eigenvalue weighted by atomic mass is 9.83. The fourth-order valence-corrected chi connectivity index (χ4v) is 3.29. The van der Waals surface area contributed by atoms with E-state index in [1.807, 2.05) is 18.8 Å². The molecule has 0 heterocycles. The van der Waals surface area contributed by atoms with Gasteiger partial charge in [0.25, 0.3) is 0 Å². The summed E-state index contributed by atoms with van der Waals surface area (Å²) in [5, 5.41) is 6.86. The van der Waals surface area contributed by atoms with E-state index >= 15 is 0 Å². The van der Waals surface area contributed by atoms with Gasteiger partial charge in [0.2, 0.25) is 0 Å². The van der Waals surface area contributed by atoms with Crippen molar-refractivity contribution in [2.24, 2.45) is 10.9 Å². The van der Waals surface area contributed by atoms with Crippen molar-refractivity contribution >= 4 is 41.7 Å². The minimum absolute atomic E-state index is 0. The number of nitrogens with zero attached hydrogens (tertiary/aromatic N) is 2. The van der Waals surface area contributed by atoms with Crippen molar-refractivity contribution in [1.82, 2.24) is 15.5 Å². The second kappa shape index (κ2) is 12.8. The molecule has 1 aliphatic carbocycles. The number of nitrogens with one attached hydrogen (secondary N) is 2. The fraction of sp³-hybridized carbons (Fsp3) is 0.933. The highest BCUT2D eigenvalue weighted by atomic mass is 127. The second-order valence-corrected chi connectivity index (χ2v) is 6.79. The zero-order valence-electron chi connectivity index (χ0n) is 14.0. The van der Waals surface area contributed by atoms with E-state index in [-0.39, 0.29) is 24.0 Å². The van der Waals surface area contributed by atoms with E-state index in [0.29, 0.717) is 6.04 Å². The summed E-state index contributed by atoms with van der Waals surface area (Å²) in [6.07, 6.45) is 9.10. The van der Waals surface area contributed by atoms with Crippen molar-refractivity contribution in [1.29, 1.82) is 0 Å². The summed E-state index contributed by atoms with van der Waals surface area (Å²) in [5.41, 5.74) is 0. The van der Waals surface area contributed by atoms with Crippen molar-refractivity contribution < 1.29 is 0 Å². The first-order valence-electron chi connectivity index (χ1n) is 7.79. The minimum Gasteiger partial charge on any atom is -0.356 e. The van der Waals surface area contributed by atoms with E-state index in [4.69, 9.17) is 0 Å². The minimum atomic E-state index is 0. The number of likely N-dealkylation sites (N-methyl/N-ethyl adjacent to an activating group) is 1. The van der Waals surface area contributed by atoms with Crippen LogP contribution in [0.15, 0.2) is 4.99 Å². The van der Waals surface area contributed by atoms with Gasteiger partial charge in [-0.2, -0.15) is 11.8 Å². The molecular formula is C15H33IN4S. The van der Waals surface area contributed by atoms with E-state index in [2.05, 4.69) is 40.9 Å². The Morgan fingerprint density at radius 1 is 1.24 bits per heavy atom. The van der Waals surface area contributed by atoms with E-state index in [1.54, 1.807) is 0 Å². The van der Waals surface area contributed by atoms with Gasteiger partial charge in [-0.3, -0.25) is 4.99 Å². The maximum Gasteiger partial charge on any atom is 0.191 e. The van der Waals surface area contributed by atoms with Gasteiger partial charge >= 0.3 is 0 Å². The molecule has 1 saturated carbocycles. The molecule has 4 nitrogen and oxygen atoms in total. The standard InChI is InChI=1S/C15H32N4S.HI/c1-16-15(17-10-11-20-4)18-12-14(19(2)3)13-8-6-5-7-9-13;/h13-14H,5-12H2,1-4H3,(H2,16,17,18);1H. The van der Waals surface area contributed by atoms with Crippen molar-refractivity contribution in [3.8, 4) is 0 Å². The molecule has 0 aromatic heterocycles. The molecule has 0 aliphatic heterocycles. The molecule has 2 N–H and O–H groups in total. The molecule has 0 aromatic rings. The summed E-state index contributed by atoms with van der Waals surface area (Å²) >= 11 is 1.85. The Bertz CT molecular complexity index is 281. The van der Waals surface area contributed by atoms with Crippen LogP contribution in [0.25, 0.3) is 0 Å². The Balaban J connectivity index is 0.00000400. The number of rotatable bonds is 7. The fourth-order valence-electron chi connectivity index (χ4n) is 2.98. The van der Waals surface area contributed by atoms with E-state index in [0.717, 1.165) is 30.7 Å². The van der Waals surface area contributed by atoms with Crippen molar-refractivity contribution in [2.75, 3.05) is 46.2 Å². The van der Waals surface area contributed by atoms with Gasteiger partial charge in [-0.15, -0.1) is 24.0 Å². The molecule has 0 aromatic carbocycles. The Morgan fingerprint density at radius 3 is 2.43 bits per heavy atom. The molecule has 0 bridgehead atoms. The SMILES string of the molecule is CN=C(NCCSC)NCC(C1CCCCC1)N(C)C.I. The maximum absolute atomic E-state index is 4.30. The molecule has 1 unspecified atom stereocenters. The predicted octanol–water partition coefficient (Wildman–Crippen LogP) is 2.64. The summed E-state index contributed by atoms with van der Waals surface area (Å²) in [7, 11) is 6.25. The number of hydrogen-bond acceptors (Lipinski definition) is 3. The van der Waals surface area contributed by atoms with E-state index in [1.165, 1.54) is 32.1 Å². The summed E-state index contributed by atoms with van der Waals surface area (Å²) in [5.74, 6) is 2.87.